The van der Waals surface area contributed by atoms with Gasteiger partial charge in [0.2, 0.25) is 0 Å². The lowest BCUT2D eigenvalue weighted by molar-refractivity contribution is 1.21. The molecule has 0 atom stereocenters. The fraction of sp³-hybridized carbons (Fsp3) is 0.167. The van der Waals surface area contributed by atoms with Crippen molar-refractivity contribution in [1.82, 2.24) is 9.97 Å². The second-order valence-corrected chi connectivity index (χ2v) is 1.52. The van der Waals surface area contributed by atoms with E-state index in [1.807, 2.05) is 6.92 Å². The lowest BCUT2D eigenvalue weighted by Crippen LogP contribution is -1.73. The average Bonchev–Trinajstić information content (AvgIpc) is 2.14. The highest BCUT2D eigenvalue weighted by atomic mass is 14.9. The predicted molar refractivity (Wildman–Crippen MR) is 29.6 cm³/mol. The molecule has 0 spiro atoms. The Bertz CT molecular complexity index is 217. The third-order valence-corrected chi connectivity index (χ3v) is 0.824. The summed E-state index contributed by atoms with van der Waals surface area (Å²) in [4.78, 5) is 6.62. The normalized spacial score (nSPS) is 8.50. The van der Waals surface area contributed by atoms with E-state index in [2.05, 4.69) is 15.9 Å². The van der Waals surface area contributed by atoms with Crippen LogP contribution in [0.1, 0.15) is 11.5 Å². The lowest BCUT2D eigenvalue weighted by atomic mass is 10.6. The molecule has 2 nitrogen and oxygen atoms in total. The maximum atomic E-state index is 6.61. The number of hydrogen-bond acceptors (Lipinski definition) is 1. The van der Waals surface area contributed by atoms with Crippen LogP contribution in [0.25, 0.3) is 0 Å². The van der Waals surface area contributed by atoms with Gasteiger partial charge in [-0.1, -0.05) is 0 Å². The van der Waals surface area contributed by atoms with Gasteiger partial charge in [-0.15, -0.1) is 0 Å². The molecule has 0 aliphatic carbocycles. The molecule has 0 aliphatic heterocycles. The number of aromatic amines is 1. The number of aromatic nitrogens is 2. The summed E-state index contributed by atoms with van der Waals surface area (Å²) in [6.07, 6.45) is 8.35. The summed E-state index contributed by atoms with van der Waals surface area (Å²) in [5, 5.41) is 0. The molecular formula is C6H5N2. The molecule has 0 saturated heterocycles. The highest BCUT2D eigenvalue weighted by Crippen LogP contribution is 1.90. The van der Waals surface area contributed by atoms with Crippen molar-refractivity contribution in [2.45, 2.75) is 6.92 Å². The fourth-order valence-corrected chi connectivity index (χ4v) is 0.478. The molecule has 0 unspecified atom stereocenters. The first-order valence-electron chi connectivity index (χ1n) is 2.27. The minimum atomic E-state index is 0.488. The SMILES string of the molecule is [C]#Cc1nc(C)c[nH]1. The molecule has 2 heteroatoms. The summed E-state index contributed by atoms with van der Waals surface area (Å²) in [7, 11) is 0. The molecular weight excluding hydrogens is 100 g/mol. The van der Waals surface area contributed by atoms with Gasteiger partial charge >= 0.3 is 0 Å². The van der Waals surface area contributed by atoms with Crippen LogP contribution in [-0.4, -0.2) is 9.97 Å². The Labute approximate surface area is 48.0 Å². The first-order valence-corrected chi connectivity index (χ1v) is 2.27. The number of H-pyrrole nitrogens is 1. The Morgan fingerprint density at radius 1 is 1.88 bits per heavy atom. The van der Waals surface area contributed by atoms with E-state index in [1.54, 1.807) is 6.20 Å². The Kier molecular flexibility index (Phi) is 1.05. The molecule has 0 fully saturated rings. The van der Waals surface area contributed by atoms with Crippen LogP contribution in [-0.2, 0) is 0 Å². The predicted octanol–water partition coefficient (Wildman–Crippen LogP) is 0.656. The van der Waals surface area contributed by atoms with Crippen LogP contribution in [0.4, 0.5) is 0 Å². The smallest absolute Gasteiger partial charge is 0.183 e. The summed E-state index contributed by atoms with van der Waals surface area (Å²) < 4.78 is 0. The molecule has 1 N–H and O–H groups in total. The number of nitrogens with one attached hydrogen (secondary N) is 1. The van der Waals surface area contributed by atoms with Crippen molar-refractivity contribution in [1.29, 1.82) is 0 Å². The minimum Gasteiger partial charge on any atom is -0.338 e. The van der Waals surface area contributed by atoms with E-state index in [9.17, 15) is 0 Å². The second kappa shape index (κ2) is 1.71. The number of nitrogens with zero attached hydrogens (tertiary/aromatic N) is 1. The van der Waals surface area contributed by atoms with Crippen molar-refractivity contribution in [2.24, 2.45) is 0 Å². The molecule has 8 heavy (non-hydrogen) atoms. The van der Waals surface area contributed by atoms with Crippen molar-refractivity contribution >= 4 is 0 Å². The van der Waals surface area contributed by atoms with Crippen LogP contribution in [0.15, 0.2) is 6.20 Å². The third-order valence-electron chi connectivity index (χ3n) is 0.824. The van der Waals surface area contributed by atoms with Gasteiger partial charge in [-0.2, -0.15) is 0 Å². The van der Waals surface area contributed by atoms with E-state index < -0.39 is 0 Å². The van der Waals surface area contributed by atoms with Gasteiger partial charge in [0.1, 0.15) is 0 Å². The number of hydrogen-bond donors (Lipinski definition) is 1. The van der Waals surface area contributed by atoms with Crippen molar-refractivity contribution in [3.05, 3.63) is 24.1 Å². The van der Waals surface area contributed by atoms with Crippen molar-refractivity contribution in [3.63, 3.8) is 0 Å². The molecule has 0 bridgehead atoms. The summed E-state index contributed by atoms with van der Waals surface area (Å²) >= 11 is 0. The molecule has 1 aromatic heterocycles. The maximum Gasteiger partial charge on any atom is 0.183 e. The Morgan fingerprint density at radius 2 is 2.62 bits per heavy atom. The van der Waals surface area contributed by atoms with Crippen LogP contribution in [0, 0.1) is 19.3 Å². The van der Waals surface area contributed by atoms with Gasteiger partial charge in [-0.05, 0) is 19.3 Å². The Hall–Kier alpha value is -1.23. The van der Waals surface area contributed by atoms with E-state index >= 15 is 0 Å². The van der Waals surface area contributed by atoms with Gasteiger partial charge in [-0.3, -0.25) is 0 Å². The van der Waals surface area contributed by atoms with Gasteiger partial charge in [-0.25, -0.2) is 4.98 Å². The molecule has 0 aliphatic rings. The zero-order valence-electron chi connectivity index (χ0n) is 4.52. The van der Waals surface area contributed by atoms with Crippen molar-refractivity contribution in [2.75, 3.05) is 0 Å². The molecule has 1 rings (SSSR count). The number of rotatable bonds is 0. The highest BCUT2D eigenvalue weighted by molar-refractivity contribution is 5.14. The Balaban J connectivity index is 3.05. The van der Waals surface area contributed by atoms with E-state index in [1.165, 1.54) is 0 Å². The zero-order valence-corrected chi connectivity index (χ0v) is 4.52. The largest absolute Gasteiger partial charge is 0.338 e. The van der Waals surface area contributed by atoms with Crippen molar-refractivity contribution < 1.29 is 0 Å². The molecule has 1 radical (unpaired) electrons. The molecule has 0 aromatic carbocycles. The minimum absolute atomic E-state index is 0.488. The highest BCUT2D eigenvalue weighted by Gasteiger charge is 1.88. The van der Waals surface area contributed by atoms with Gasteiger partial charge in [0.05, 0.1) is 5.69 Å². The standard InChI is InChI=1S/C6H5N2/c1-3-6-7-4-5(2)8-6/h4H,2H3,(H,7,8). The molecule has 0 amide bonds. The monoisotopic (exact) mass is 105 g/mol. The molecule has 1 heterocycles. The second-order valence-electron chi connectivity index (χ2n) is 1.52. The first-order chi connectivity index (χ1) is 3.83. The fourth-order valence-electron chi connectivity index (χ4n) is 0.478. The van der Waals surface area contributed by atoms with Gasteiger partial charge in [0.25, 0.3) is 0 Å². The summed E-state index contributed by atoms with van der Waals surface area (Å²) in [5.74, 6) is 2.62. The maximum absolute atomic E-state index is 6.61. The van der Waals surface area contributed by atoms with E-state index in [4.69, 9.17) is 6.42 Å². The van der Waals surface area contributed by atoms with Crippen LogP contribution in [0.5, 0.6) is 0 Å². The first kappa shape index (κ1) is 4.92. The van der Waals surface area contributed by atoms with Crippen LogP contribution in [0.2, 0.25) is 0 Å². The van der Waals surface area contributed by atoms with Crippen LogP contribution < -0.4 is 0 Å². The molecule has 1 aromatic rings. The van der Waals surface area contributed by atoms with E-state index in [-0.39, 0.29) is 0 Å². The number of aryl methyl sites for hydroxylation is 1. The van der Waals surface area contributed by atoms with E-state index in [0.717, 1.165) is 5.69 Å². The van der Waals surface area contributed by atoms with Crippen LogP contribution >= 0.6 is 0 Å². The Morgan fingerprint density at radius 3 is 2.88 bits per heavy atom. The molecule has 0 saturated carbocycles. The summed E-state index contributed by atoms with van der Waals surface area (Å²) in [6.45, 7) is 1.86. The third kappa shape index (κ3) is 0.710. The zero-order chi connectivity index (χ0) is 5.98. The van der Waals surface area contributed by atoms with Gasteiger partial charge in [0, 0.05) is 6.20 Å². The van der Waals surface area contributed by atoms with Gasteiger partial charge in [0.15, 0.2) is 5.82 Å². The summed E-state index contributed by atoms with van der Waals surface area (Å²) in [6, 6.07) is 0. The topological polar surface area (TPSA) is 28.7 Å². The molecule has 39 valence electrons. The van der Waals surface area contributed by atoms with Gasteiger partial charge < -0.3 is 4.98 Å². The average molecular weight is 105 g/mol. The van der Waals surface area contributed by atoms with Crippen LogP contribution in [0.3, 0.4) is 0 Å². The van der Waals surface area contributed by atoms with E-state index in [0.29, 0.717) is 5.82 Å². The quantitative estimate of drug-likeness (QED) is 0.482. The lowest BCUT2D eigenvalue weighted by Gasteiger charge is -1.71. The van der Waals surface area contributed by atoms with Crippen molar-refractivity contribution in [3.8, 4) is 5.92 Å². The summed E-state index contributed by atoms with van der Waals surface area (Å²) in [5.41, 5.74) is 0.889. The number of imidazole rings is 1.